The minimum Gasteiger partial charge on any atom is -0.497 e. The molecule has 0 radical (unpaired) electrons. The summed E-state index contributed by atoms with van der Waals surface area (Å²) < 4.78 is 5.22. The number of nitro groups is 1. The van der Waals surface area contributed by atoms with E-state index in [0.29, 0.717) is 16.3 Å². The van der Waals surface area contributed by atoms with E-state index in [9.17, 15) is 15.4 Å². The highest BCUT2D eigenvalue weighted by molar-refractivity contribution is 7.11. The topological polar surface area (TPSA) is 101 Å². The zero-order chi connectivity index (χ0) is 19.2. The number of aromatic nitrogens is 1. The summed E-state index contributed by atoms with van der Waals surface area (Å²) in [4.78, 5) is 14.7. The van der Waals surface area contributed by atoms with Crippen LogP contribution in [0.4, 0.5) is 11.4 Å². The molecular formula is C19H14N4O3S. The number of rotatable bonds is 6. The maximum absolute atomic E-state index is 10.7. The molecule has 1 N–H and O–H groups in total. The first-order valence-corrected chi connectivity index (χ1v) is 8.70. The molecule has 134 valence electrons. The molecule has 3 aromatic rings. The van der Waals surface area contributed by atoms with Crippen molar-refractivity contribution in [2.45, 2.75) is 0 Å². The lowest BCUT2D eigenvalue weighted by molar-refractivity contribution is -0.384. The van der Waals surface area contributed by atoms with Gasteiger partial charge in [0.25, 0.3) is 5.69 Å². The van der Waals surface area contributed by atoms with Crippen molar-refractivity contribution >= 4 is 28.3 Å². The zero-order valence-corrected chi connectivity index (χ0v) is 15.1. The Hall–Kier alpha value is -3.70. The molecule has 0 unspecified atom stereocenters. The van der Waals surface area contributed by atoms with Gasteiger partial charge in [-0.2, -0.15) is 5.26 Å². The fourth-order valence-corrected chi connectivity index (χ4v) is 3.08. The van der Waals surface area contributed by atoms with Crippen LogP contribution in [-0.4, -0.2) is 17.0 Å². The summed E-state index contributed by atoms with van der Waals surface area (Å²) in [6, 6.07) is 15.6. The van der Waals surface area contributed by atoms with Crippen molar-refractivity contribution in [3.8, 4) is 23.1 Å². The molecule has 2 aromatic carbocycles. The van der Waals surface area contributed by atoms with E-state index in [1.54, 1.807) is 19.2 Å². The largest absolute Gasteiger partial charge is 0.497 e. The SMILES string of the molecule is COc1cccc(-c2csc(/C(C#N)=C/Nc3ccc([N+](=O)[O-])cc3)n2)c1. The number of hydrogen-bond donors (Lipinski definition) is 1. The first-order chi connectivity index (χ1) is 13.1. The Kier molecular flexibility index (Phi) is 5.44. The normalized spacial score (nSPS) is 10.9. The van der Waals surface area contributed by atoms with Crippen LogP contribution in [0.15, 0.2) is 60.1 Å². The van der Waals surface area contributed by atoms with Gasteiger partial charge in [0.05, 0.1) is 17.7 Å². The summed E-state index contributed by atoms with van der Waals surface area (Å²) in [5, 5.41) is 25.5. The number of nitriles is 1. The number of nitrogens with one attached hydrogen (secondary N) is 1. The van der Waals surface area contributed by atoms with Crippen molar-refractivity contribution < 1.29 is 9.66 Å². The minimum absolute atomic E-state index is 0.00731. The van der Waals surface area contributed by atoms with Crippen molar-refractivity contribution in [2.24, 2.45) is 0 Å². The highest BCUT2D eigenvalue weighted by Gasteiger charge is 2.10. The fourth-order valence-electron chi connectivity index (χ4n) is 2.29. The number of allylic oxidation sites excluding steroid dienone is 1. The predicted molar refractivity (Wildman–Crippen MR) is 104 cm³/mol. The van der Waals surface area contributed by atoms with Gasteiger partial charge >= 0.3 is 0 Å². The molecule has 3 rings (SSSR count). The van der Waals surface area contributed by atoms with Crippen LogP contribution in [0, 0.1) is 21.4 Å². The molecule has 0 atom stereocenters. The lowest BCUT2D eigenvalue weighted by Gasteiger charge is -2.02. The molecule has 27 heavy (non-hydrogen) atoms. The Labute approximate surface area is 159 Å². The summed E-state index contributed by atoms with van der Waals surface area (Å²) >= 11 is 1.36. The predicted octanol–water partition coefficient (Wildman–Crippen LogP) is 4.70. The second kappa shape index (κ2) is 8.12. The van der Waals surface area contributed by atoms with Crippen molar-refractivity contribution in [1.29, 1.82) is 5.26 Å². The molecule has 0 spiro atoms. The monoisotopic (exact) mass is 378 g/mol. The summed E-state index contributed by atoms with van der Waals surface area (Å²) in [6.07, 6.45) is 1.54. The smallest absolute Gasteiger partial charge is 0.269 e. The van der Waals surface area contributed by atoms with Gasteiger partial charge in [0.1, 0.15) is 22.4 Å². The number of nitro benzene ring substituents is 1. The molecule has 0 saturated carbocycles. The number of thiazole rings is 1. The fraction of sp³-hybridized carbons (Fsp3) is 0.0526. The van der Waals surface area contributed by atoms with Gasteiger partial charge in [-0.25, -0.2) is 4.98 Å². The van der Waals surface area contributed by atoms with Crippen LogP contribution in [-0.2, 0) is 0 Å². The number of non-ortho nitro benzene ring substituents is 1. The van der Waals surface area contributed by atoms with Gasteiger partial charge in [-0.05, 0) is 24.3 Å². The standard InChI is InChI=1S/C19H14N4O3S/c1-26-17-4-2-3-13(9-17)18-12-27-19(22-18)14(10-20)11-21-15-5-7-16(8-6-15)23(24)25/h2-9,11-12,21H,1H3/b14-11+. The maximum Gasteiger partial charge on any atom is 0.269 e. The average Bonchev–Trinajstić information content (AvgIpc) is 3.19. The van der Waals surface area contributed by atoms with Crippen LogP contribution in [0.1, 0.15) is 5.01 Å². The highest BCUT2D eigenvalue weighted by atomic mass is 32.1. The molecule has 0 aliphatic rings. The third kappa shape index (κ3) is 4.29. The van der Waals surface area contributed by atoms with Crippen LogP contribution in [0.3, 0.4) is 0 Å². The second-order valence-electron chi connectivity index (χ2n) is 5.39. The van der Waals surface area contributed by atoms with E-state index >= 15 is 0 Å². The number of methoxy groups -OCH3 is 1. The number of nitrogens with zero attached hydrogens (tertiary/aromatic N) is 3. The summed E-state index contributed by atoms with van der Waals surface area (Å²) in [6.45, 7) is 0. The third-order valence-electron chi connectivity index (χ3n) is 3.68. The second-order valence-corrected chi connectivity index (χ2v) is 6.25. The first kappa shape index (κ1) is 18.1. The number of benzene rings is 2. The quantitative estimate of drug-likeness (QED) is 0.379. The van der Waals surface area contributed by atoms with Crippen molar-refractivity contribution in [3.05, 3.63) is 75.2 Å². The Morgan fingerprint density at radius 2 is 2.11 bits per heavy atom. The zero-order valence-electron chi connectivity index (χ0n) is 14.2. The molecule has 0 aliphatic heterocycles. The van der Waals surface area contributed by atoms with Crippen molar-refractivity contribution in [2.75, 3.05) is 12.4 Å². The third-order valence-corrected chi connectivity index (χ3v) is 4.56. The summed E-state index contributed by atoms with van der Waals surface area (Å²) in [5.74, 6) is 0.734. The molecule has 1 heterocycles. The molecule has 0 amide bonds. The number of hydrogen-bond acceptors (Lipinski definition) is 7. The molecule has 8 heteroatoms. The molecule has 0 saturated heterocycles. The van der Waals surface area contributed by atoms with Gasteiger partial charge in [0.15, 0.2) is 0 Å². The van der Waals surface area contributed by atoms with Crippen molar-refractivity contribution in [3.63, 3.8) is 0 Å². The summed E-state index contributed by atoms with van der Waals surface area (Å²) in [7, 11) is 1.60. The van der Waals surface area contributed by atoms with Gasteiger partial charge < -0.3 is 10.1 Å². The number of ether oxygens (including phenoxy) is 1. The van der Waals surface area contributed by atoms with E-state index in [1.807, 2.05) is 29.6 Å². The van der Waals surface area contributed by atoms with E-state index < -0.39 is 4.92 Å². The first-order valence-electron chi connectivity index (χ1n) is 7.82. The lowest BCUT2D eigenvalue weighted by Crippen LogP contribution is -1.92. The molecule has 0 aliphatic carbocycles. The van der Waals surface area contributed by atoms with E-state index in [1.165, 1.54) is 29.7 Å². The average molecular weight is 378 g/mol. The van der Waals surface area contributed by atoms with Crippen LogP contribution in [0.2, 0.25) is 0 Å². The van der Waals surface area contributed by atoms with Gasteiger partial charge in [-0.3, -0.25) is 10.1 Å². The van der Waals surface area contributed by atoms with Crippen molar-refractivity contribution in [1.82, 2.24) is 4.98 Å². The molecular weight excluding hydrogens is 364 g/mol. The highest BCUT2D eigenvalue weighted by Crippen LogP contribution is 2.28. The van der Waals surface area contributed by atoms with E-state index in [2.05, 4.69) is 16.4 Å². The number of anilines is 1. The molecule has 1 aromatic heterocycles. The van der Waals surface area contributed by atoms with E-state index in [0.717, 1.165) is 17.0 Å². The van der Waals surface area contributed by atoms with Gasteiger partial charge in [0, 0.05) is 35.0 Å². The molecule has 0 fully saturated rings. The molecule has 7 nitrogen and oxygen atoms in total. The molecule has 0 bridgehead atoms. The van der Waals surface area contributed by atoms with E-state index in [-0.39, 0.29) is 5.69 Å². The van der Waals surface area contributed by atoms with E-state index in [4.69, 9.17) is 4.74 Å². The van der Waals surface area contributed by atoms with Crippen LogP contribution in [0.5, 0.6) is 5.75 Å². The van der Waals surface area contributed by atoms with Gasteiger partial charge in [-0.1, -0.05) is 12.1 Å². The lowest BCUT2D eigenvalue weighted by atomic mass is 10.1. The maximum atomic E-state index is 10.7. The van der Waals surface area contributed by atoms with Gasteiger partial charge in [-0.15, -0.1) is 11.3 Å². The Balaban J connectivity index is 1.79. The summed E-state index contributed by atoms with van der Waals surface area (Å²) in [5.41, 5.74) is 2.67. The van der Waals surface area contributed by atoms with Crippen LogP contribution in [0.25, 0.3) is 16.8 Å². The van der Waals surface area contributed by atoms with Gasteiger partial charge in [0.2, 0.25) is 0 Å². The Morgan fingerprint density at radius 3 is 2.78 bits per heavy atom. The van der Waals surface area contributed by atoms with Crippen LogP contribution >= 0.6 is 11.3 Å². The van der Waals surface area contributed by atoms with Crippen LogP contribution < -0.4 is 10.1 Å². The Morgan fingerprint density at radius 1 is 1.33 bits per heavy atom. The Bertz CT molecular complexity index is 1040. The minimum atomic E-state index is -0.462.